The summed E-state index contributed by atoms with van der Waals surface area (Å²) in [4.78, 5) is 19.2. The average molecular weight is 411 g/mol. The molecule has 1 aromatic heterocycles. The molecule has 2 aromatic carbocycles. The number of halogens is 1. The van der Waals surface area contributed by atoms with E-state index < -0.39 is 0 Å². The minimum absolute atomic E-state index is 0.0293. The van der Waals surface area contributed by atoms with Crippen molar-refractivity contribution in [3.05, 3.63) is 64.5 Å². The number of aryl methyl sites for hydroxylation is 1. The quantitative estimate of drug-likeness (QED) is 0.625. The van der Waals surface area contributed by atoms with Gasteiger partial charge in [0.25, 0.3) is 0 Å². The van der Waals surface area contributed by atoms with Crippen LogP contribution in [0.3, 0.4) is 0 Å². The van der Waals surface area contributed by atoms with Crippen molar-refractivity contribution in [3.8, 4) is 11.4 Å². The molecular weight excluding hydrogens is 388 g/mol. The lowest BCUT2D eigenvalue weighted by molar-refractivity contribution is 0.184. The van der Waals surface area contributed by atoms with Crippen LogP contribution in [0.1, 0.15) is 35.8 Å². The number of anilines is 1. The Labute approximate surface area is 174 Å². The number of piperidine rings is 1. The van der Waals surface area contributed by atoms with Crippen LogP contribution in [0.2, 0.25) is 5.02 Å². The van der Waals surface area contributed by atoms with Crippen LogP contribution < -0.4 is 5.32 Å². The Morgan fingerprint density at radius 1 is 1.21 bits per heavy atom. The molecule has 3 aromatic rings. The highest BCUT2D eigenvalue weighted by Crippen LogP contribution is 2.28. The molecule has 1 fully saturated rings. The fraction of sp³-hybridized carbons (Fsp3) is 0.318. The Balaban J connectivity index is 1.45. The number of carbonyl (C=O) groups is 1. The predicted molar refractivity (Wildman–Crippen MR) is 113 cm³/mol. The van der Waals surface area contributed by atoms with Crippen LogP contribution in [-0.2, 0) is 0 Å². The number of nitrogens with one attached hydrogen (secondary N) is 1. The molecule has 2 amide bonds. The molecular formula is C22H23ClN4O2. The molecule has 0 unspecified atom stereocenters. The van der Waals surface area contributed by atoms with Gasteiger partial charge in [0.2, 0.25) is 11.7 Å². The highest BCUT2D eigenvalue weighted by Gasteiger charge is 2.29. The fourth-order valence-electron chi connectivity index (χ4n) is 3.56. The first-order valence-electron chi connectivity index (χ1n) is 9.73. The Morgan fingerprint density at radius 3 is 2.79 bits per heavy atom. The maximum absolute atomic E-state index is 12.8. The van der Waals surface area contributed by atoms with Crippen molar-refractivity contribution in [2.75, 3.05) is 18.4 Å². The summed E-state index contributed by atoms with van der Waals surface area (Å²) >= 11 is 5.94. The highest BCUT2D eigenvalue weighted by molar-refractivity contribution is 6.30. The number of carbonyl (C=O) groups excluding carboxylic acids is 1. The molecule has 0 saturated carbocycles. The molecule has 4 rings (SSSR count). The lowest BCUT2D eigenvalue weighted by Crippen LogP contribution is -2.41. The molecule has 1 aliphatic rings. The van der Waals surface area contributed by atoms with Gasteiger partial charge in [-0.05, 0) is 68.1 Å². The Kier molecular flexibility index (Phi) is 5.53. The number of benzene rings is 2. The third-order valence-electron chi connectivity index (χ3n) is 5.45. The number of amides is 2. The van der Waals surface area contributed by atoms with Crippen molar-refractivity contribution in [3.63, 3.8) is 0 Å². The van der Waals surface area contributed by atoms with Crippen LogP contribution in [0, 0.1) is 13.8 Å². The topological polar surface area (TPSA) is 71.3 Å². The minimum Gasteiger partial charge on any atom is -0.339 e. The second-order valence-corrected chi connectivity index (χ2v) is 7.86. The lowest BCUT2D eigenvalue weighted by Gasteiger charge is -2.31. The number of rotatable bonds is 3. The smallest absolute Gasteiger partial charge is 0.321 e. The number of aromatic nitrogens is 2. The van der Waals surface area contributed by atoms with Gasteiger partial charge in [-0.2, -0.15) is 4.98 Å². The van der Waals surface area contributed by atoms with E-state index >= 15 is 0 Å². The van der Waals surface area contributed by atoms with Crippen molar-refractivity contribution in [1.29, 1.82) is 0 Å². The van der Waals surface area contributed by atoms with Gasteiger partial charge in [0, 0.05) is 29.4 Å². The van der Waals surface area contributed by atoms with Crippen LogP contribution in [-0.4, -0.2) is 34.2 Å². The van der Waals surface area contributed by atoms with E-state index in [2.05, 4.69) is 15.5 Å². The molecule has 150 valence electrons. The van der Waals surface area contributed by atoms with Gasteiger partial charge in [-0.25, -0.2) is 4.79 Å². The van der Waals surface area contributed by atoms with Gasteiger partial charge < -0.3 is 14.7 Å². The molecule has 0 aliphatic carbocycles. The Hall–Kier alpha value is -2.86. The first-order valence-corrected chi connectivity index (χ1v) is 10.1. The normalized spacial score (nSPS) is 16.7. The predicted octanol–water partition coefficient (Wildman–Crippen LogP) is 5.42. The number of hydrogen-bond donors (Lipinski definition) is 1. The third kappa shape index (κ3) is 4.27. The molecule has 29 heavy (non-hydrogen) atoms. The summed E-state index contributed by atoms with van der Waals surface area (Å²) in [5, 5.41) is 7.80. The van der Waals surface area contributed by atoms with Gasteiger partial charge in [-0.15, -0.1) is 0 Å². The van der Waals surface area contributed by atoms with E-state index in [1.807, 2.05) is 49.1 Å². The van der Waals surface area contributed by atoms with Crippen LogP contribution in [0.5, 0.6) is 0 Å². The zero-order valence-corrected chi connectivity index (χ0v) is 17.2. The maximum atomic E-state index is 12.8. The summed E-state index contributed by atoms with van der Waals surface area (Å²) < 4.78 is 5.52. The van der Waals surface area contributed by atoms with E-state index in [0.29, 0.717) is 29.8 Å². The van der Waals surface area contributed by atoms with Gasteiger partial charge in [0.1, 0.15) is 0 Å². The molecule has 1 N–H and O–H groups in total. The second kappa shape index (κ2) is 8.25. The molecule has 0 bridgehead atoms. The summed E-state index contributed by atoms with van der Waals surface area (Å²) in [6.07, 6.45) is 1.80. The van der Waals surface area contributed by atoms with Gasteiger partial charge in [-0.1, -0.05) is 28.9 Å². The van der Waals surface area contributed by atoms with Gasteiger partial charge in [0.15, 0.2) is 0 Å². The maximum Gasteiger partial charge on any atom is 0.321 e. The van der Waals surface area contributed by atoms with E-state index in [1.165, 1.54) is 0 Å². The second-order valence-electron chi connectivity index (χ2n) is 7.43. The van der Waals surface area contributed by atoms with Crippen LogP contribution in [0.15, 0.2) is 47.0 Å². The van der Waals surface area contributed by atoms with E-state index in [1.54, 1.807) is 12.1 Å². The summed E-state index contributed by atoms with van der Waals surface area (Å²) in [6.45, 7) is 5.32. The summed E-state index contributed by atoms with van der Waals surface area (Å²) in [6, 6.07) is 13.1. The van der Waals surface area contributed by atoms with E-state index in [-0.39, 0.29) is 11.9 Å². The Bertz CT molecular complexity index is 1020. The molecule has 1 atom stereocenters. The first kappa shape index (κ1) is 19.5. The van der Waals surface area contributed by atoms with Crippen LogP contribution in [0.4, 0.5) is 10.5 Å². The summed E-state index contributed by atoms with van der Waals surface area (Å²) in [5.41, 5.74) is 3.93. The summed E-state index contributed by atoms with van der Waals surface area (Å²) in [7, 11) is 0. The number of hydrogen-bond acceptors (Lipinski definition) is 4. The van der Waals surface area contributed by atoms with Crippen LogP contribution in [0.25, 0.3) is 11.4 Å². The van der Waals surface area contributed by atoms with Gasteiger partial charge >= 0.3 is 6.03 Å². The van der Waals surface area contributed by atoms with E-state index in [0.717, 1.165) is 35.2 Å². The number of nitrogens with zero attached hydrogens (tertiary/aromatic N) is 3. The van der Waals surface area contributed by atoms with E-state index in [9.17, 15) is 4.79 Å². The van der Waals surface area contributed by atoms with Crippen molar-refractivity contribution < 1.29 is 9.32 Å². The lowest BCUT2D eigenvalue weighted by atomic mass is 9.98. The molecule has 7 heteroatoms. The fourth-order valence-corrected chi connectivity index (χ4v) is 3.69. The monoisotopic (exact) mass is 410 g/mol. The molecule has 1 saturated heterocycles. The standard InChI is InChI=1S/C22H23ClN4O2/c1-14-5-3-7-19(15(14)2)24-22(28)27-12-4-6-17(13-27)21-25-20(26-29-21)16-8-10-18(23)11-9-16/h3,5,7-11,17H,4,6,12-13H2,1-2H3,(H,24,28)/t17-/m0/s1. The Morgan fingerprint density at radius 2 is 2.00 bits per heavy atom. The molecule has 1 aliphatic heterocycles. The number of urea groups is 1. The minimum atomic E-state index is -0.0964. The van der Waals surface area contributed by atoms with Crippen molar-refractivity contribution in [2.24, 2.45) is 0 Å². The number of likely N-dealkylation sites (tertiary alicyclic amines) is 1. The first-order chi connectivity index (χ1) is 14.0. The van der Waals surface area contributed by atoms with Crippen LogP contribution >= 0.6 is 11.6 Å². The zero-order chi connectivity index (χ0) is 20.4. The molecule has 6 nitrogen and oxygen atoms in total. The van der Waals surface area contributed by atoms with Gasteiger partial charge in [0.05, 0.1) is 5.92 Å². The van der Waals surface area contributed by atoms with Gasteiger partial charge in [-0.3, -0.25) is 0 Å². The molecule has 0 radical (unpaired) electrons. The van der Waals surface area contributed by atoms with Crippen molar-refractivity contribution in [1.82, 2.24) is 15.0 Å². The van der Waals surface area contributed by atoms with Crippen molar-refractivity contribution in [2.45, 2.75) is 32.6 Å². The molecule has 2 heterocycles. The molecule has 0 spiro atoms. The summed E-state index contributed by atoms with van der Waals surface area (Å²) in [5.74, 6) is 1.13. The zero-order valence-electron chi connectivity index (χ0n) is 16.5. The average Bonchev–Trinajstić information content (AvgIpc) is 3.22. The SMILES string of the molecule is Cc1cccc(NC(=O)N2CCC[C@H](c3nc(-c4ccc(Cl)cc4)no3)C2)c1C. The van der Waals surface area contributed by atoms with Crippen molar-refractivity contribution >= 4 is 23.3 Å². The third-order valence-corrected chi connectivity index (χ3v) is 5.70. The largest absolute Gasteiger partial charge is 0.339 e. The highest BCUT2D eigenvalue weighted by atomic mass is 35.5. The van der Waals surface area contributed by atoms with E-state index in [4.69, 9.17) is 16.1 Å².